The van der Waals surface area contributed by atoms with Crippen molar-refractivity contribution in [2.75, 3.05) is 25.6 Å². The van der Waals surface area contributed by atoms with Gasteiger partial charge in [-0.05, 0) is 6.42 Å². The van der Waals surface area contributed by atoms with Gasteiger partial charge < -0.3 is 9.84 Å². The Balaban J connectivity index is 3.21. The van der Waals surface area contributed by atoms with Gasteiger partial charge in [0, 0.05) is 17.6 Å². The molecule has 0 fully saturated rings. The molecule has 0 aromatic heterocycles. The van der Waals surface area contributed by atoms with Gasteiger partial charge in [0.05, 0.1) is 6.61 Å². The first-order valence-electron chi connectivity index (χ1n) is 4.32. The zero-order valence-corrected chi connectivity index (χ0v) is 8.83. The second-order valence-electron chi connectivity index (χ2n) is 2.86. The number of aliphatic hydroxyl groups is 1. The summed E-state index contributed by atoms with van der Waals surface area (Å²) in [6.45, 7) is 0.949. The highest BCUT2D eigenvalue weighted by molar-refractivity contribution is 7.99. The molecule has 2 nitrogen and oxygen atoms in total. The van der Waals surface area contributed by atoms with Gasteiger partial charge in [0.2, 0.25) is 0 Å². The molecule has 86 valence electrons. The van der Waals surface area contributed by atoms with Crippen LogP contribution < -0.4 is 0 Å². The Hall–Kier alpha value is 0.0600. The van der Waals surface area contributed by atoms with E-state index in [0.717, 1.165) is 0 Å². The van der Waals surface area contributed by atoms with Gasteiger partial charge in [-0.2, -0.15) is 24.9 Å². The average molecular weight is 232 g/mol. The molecule has 0 radical (unpaired) electrons. The number of hydrogen-bond acceptors (Lipinski definition) is 3. The molecule has 0 rings (SSSR count). The number of thioether (sulfide) groups is 1. The molecule has 1 atom stereocenters. The number of hydrogen-bond donors (Lipinski definition) is 1. The molecule has 0 aliphatic heterocycles. The first kappa shape index (κ1) is 14.1. The van der Waals surface area contributed by atoms with Crippen molar-refractivity contribution in [3.63, 3.8) is 0 Å². The maximum absolute atomic E-state index is 11.6. The van der Waals surface area contributed by atoms with Crippen LogP contribution >= 0.6 is 11.8 Å². The van der Waals surface area contributed by atoms with E-state index in [1.807, 2.05) is 6.92 Å². The quantitative estimate of drug-likeness (QED) is 0.681. The summed E-state index contributed by atoms with van der Waals surface area (Å²) >= 11 is 1.50. The predicted molar refractivity (Wildman–Crippen MR) is 50.5 cm³/mol. The summed E-state index contributed by atoms with van der Waals surface area (Å²) in [5.41, 5.74) is 0. The summed E-state index contributed by atoms with van der Waals surface area (Å²) < 4.78 is 39.2. The van der Waals surface area contributed by atoms with E-state index in [1.54, 1.807) is 0 Å². The van der Waals surface area contributed by atoms with E-state index >= 15 is 0 Å². The highest BCUT2D eigenvalue weighted by atomic mass is 32.2. The third-order valence-corrected chi connectivity index (χ3v) is 2.64. The van der Waals surface area contributed by atoms with Crippen LogP contribution in [0.4, 0.5) is 13.2 Å². The molecule has 0 aliphatic rings. The number of ether oxygens (including phenoxy) is 1. The molecule has 0 spiro atoms. The molecule has 1 unspecified atom stereocenters. The lowest BCUT2D eigenvalue weighted by atomic mass is 10.3. The van der Waals surface area contributed by atoms with Gasteiger partial charge in [-0.25, -0.2) is 0 Å². The Morgan fingerprint density at radius 2 is 2.07 bits per heavy atom. The molecule has 0 saturated carbocycles. The van der Waals surface area contributed by atoms with Crippen molar-refractivity contribution in [2.45, 2.75) is 24.8 Å². The smallest absolute Gasteiger partial charge is 0.396 e. The first-order chi connectivity index (χ1) is 6.45. The van der Waals surface area contributed by atoms with Crippen LogP contribution in [0.5, 0.6) is 0 Å². The Kier molecular flexibility index (Phi) is 7.40. The standard InChI is InChI=1S/C8H15F3O2S/c1-7(2-3-12)14-5-4-13-6-8(9,10)11/h7,12H,2-6H2,1H3. The molecule has 14 heavy (non-hydrogen) atoms. The third kappa shape index (κ3) is 10.1. The summed E-state index contributed by atoms with van der Waals surface area (Å²) in [6, 6.07) is 0. The van der Waals surface area contributed by atoms with Crippen LogP contribution in [-0.2, 0) is 4.74 Å². The lowest BCUT2D eigenvalue weighted by molar-refractivity contribution is -0.172. The topological polar surface area (TPSA) is 29.5 Å². The Bertz CT molecular complexity index is 141. The minimum absolute atomic E-state index is 0.0972. The highest BCUT2D eigenvalue weighted by Gasteiger charge is 2.27. The van der Waals surface area contributed by atoms with E-state index in [-0.39, 0.29) is 18.5 Å². The van der Waals surface area contributed by atoms with E-state index in [9.17, 15) is 13.2 Å². The lowest BCUT2D eigenvalue weighted by Gasteiger charge is -2.10. The monoisotopic (exact) mass is 232 g/mol. The minimum atomic E-state index is -4.23. The van der Waals surface area contributed by atoms with Gasteiger partial charge in [0.25, 0.3) is 0 Å². The molecular formula is C8H15F3O2S. The summed E-state index contributed by atoms with van der Waals surface area (Å²) in [6.07, 6.45) is -3.58. The predicted octanol–water partition coefficient (Wildman–Crippen LogP) is 2.07. The van der Waals surface area contributed by atoms with Crippen LogP contribution in [0.1, 0.15) is 13.3 Å². The molecule has 0 aliphatic carbocycles. The summed E-state index contributed by atoms with van der Waals surface area (Å²) in [5.74, 6) is 0.525. The second-order valence-corrected chi connectivity index (χ2v) is 4.41. The molecule has 0 amide bonds. The van der Waals surface area contributed by atoms with Crippen molar-refractivity contribution in [2.24, 2.45) is 0 Å². The molecule has 1 N–H and O–H groups in total. The molecule has 6 heteroatoms. The van der Waals surface area contributed by atoms with Gasteiger partial charge >= 0.3 is 6.18 Å². The number of halogens is 3. The number of aliphatic hydroxyl groups excluding tert-OH is 1. The lowest BCUT2D eigenvalue weighted by Crippen LogP contribution is -2.18. The molecular weight excluding hydrogens is 217 g/mol. The average Bonchev–Trinajstić information content (AvgIpc) is 2.02. The van der Waals surface area contributed by atoms with Crippen LogP contribution in [-0.4, -0.2) is 42.1 Å². The fraction of sp³-hybridized carbons (Fsp3) is 1.00. The summed E-state index contributed by atoms with van der Waals surface area (Å²) in [4.78, 5) is 0. The third-order valence-electron chi connectivity index (χ3n) is 1.43. The van der Waals surface area contributed by atoms with Crippen LogP contribution in [0.2, 0.25) is 0 Å². The number of alkyl halides is 3. The van der Waals surface area contributed by atoms with Crippen molar-refractivity contribution in [3.05, 3.63) is 0 Å². The number of rotatable bonds is 7. The van der Waals surface area contributed by atoms with Crippen molar-refractivity contribution in [1.29, 1.82) is 0 Å². The van der Waals surface area contributed by atoms with Crippen LogP contribution in [0.3, 0.4) is 0 Å². The molecule has 0 bridgehead atoms. The van der Waals surface area contributed by atoms with E-state index in [0.29, 0.717) is 12.2 Å². The highest BCUT2D eigenvalue weighted by Crippen LogP contribution is 2.16. The van der Waals surface area contributed by atoms with Crippen LogP contribution in [0, 0.1) is 0 Å². The summed E-state index contributed by atoms with van der Waals surface area (Å²) in [7, 11) is 0. The fourth-order valence-corrected chi connectivity index (χ4v) is 1.65. The van der Waals surface area contributed by atoms with Gasteiger partial charge in [-0.3, -0.25) is 0 Å². The van der Waals surface area contributed by atoms with E-state index in [1.165, 1.54) is 11.8 Å². The largest absolute Gasteiger partial charge is 0.411 e. The van der Waals surface area contributed by atoms with E-state index in [4.69, 9.17) is 5.11 Å². The fourth-order valence-electron chi connectivity index (χ4n) is 0.761. The Morgan fingerprint density at radius 3 is 2.57 bits per heavy atom. The zero-order chi connectivity index (χ0) is 11.0. The van der Waals surface area contributed by atoms with Crippen molar-refractivity contribution < 1.29 is 23.0 Å². The van der Waals surface area contributed by atoms with Crippen molar-refractivity contribution >= 4 is 11.8 Å². The van der Waals surface area contributed by atoms with Crippen molar-refractivity contribution in [1.82, 2.24) is 0 Å². The molecule has 0 aromatic carbocycles. The normalized spacial score (nSPS) is 14.4. The van der Waals surface area contributed by atoms with Gasteiger partial charge in [0.15, 0.2) is 0 Å². The van der Waals surface area contributed by atoms with Gasteiger partial charge in [-0.15, -0.1) is 0 Å². The van der Waals surface area contributed by atoms with E-state index in [2.05, 4.69) is 4.74 Å². The molecule has 0 aromatic rings. The Morgan fingerprint density at radius 1 is 1.43 bits per heavy atom. The van der Waals surface area contributed by atoms with Crippen LogP contribution in [0.15, 0.2) is 0 Å². The zero-order valence-electron chi connectivity index (χ0n) is 8.01. The second kappa shape index (κ2) is 7.36. The molecule has 0 heterocycles. The maximum Gasteiger partial charge on any atom is 0.411 e. The van der Waals surface area contributed by atoms with Gasteiger partial charge in [-0.1, -0.05) is 6.92 Å². The van der Waals surface area contributed by atoms with Crippen molar-refractivity contribution in [3.8, 4) is 0 Å². The van der Waals surface area contributed by atoms with E-state index < -0.39 is 12.8 Å². The Labute approximate surface area is 85.8 Å². The SMILES string of the molecule is CC(CCO)SCCOCC(F)(F)F. The maximum atomic E-state index is 11.6. The van der Waals surface area contributed by atoms with Crippen LogP contribution in [0.25, 0.3) is 0 Å². The molecule has 0 saturated heterocycles. The first-order valence-corrected chi connectivity index (χ1v) is 5.37. The minimum Gasteiger partial charge on any atom is -0.396 e. The van der Waals surface area contributed by atoms with Gasteiger partial charge in [0.1, 0.15) is 6.61 Å². The summed E-state index contributed by atoms with van der Waals surface area (Å²) in [5, 5.41) is 8.81.